The number of nitrogens with zero attached hydrogens (tertiary/aromatic N) is 1. The van der Waals surface area contributed by atoms with E-state index < -0.39 is 0 Å². The molecular formula is C15H12ClNO. The van der Waals surface area contributed by atoms with E-state index in [1.807, 2.05) is 37.3 Å². The molecule has 0 heterocycles. The second-order valence-corrected chi connectivity index (χ2v) is 4.40. The van der Waals surface area contributed by atoms with E-state index in [0.29, 0.717) is 17.2 Å². The van der Waals surface area contributed by atoms with Crippen LogP contribution in [-0.2, 0) is 6.61 Å². The molecule has 0 aliphatic heterocycles. The van der Waals surface area contributed by atoms with Crippen LogP contribution in [0.4, 0.5) is 0 Å². The highest BCUT2D eigenvalue weighted by molar-refractivity contribution is 6.30. The molecule has 3 heteroatoms. The van der Waals surface area contributed by atoms with Crippen molar-refractivity contribution in [2.75, 3.05) is 0 Å². The highest BCUT2D eigenvalue weighted by Gasteiger charge is 2.05. The topological polar surface area (TPSA) is 33.0 Å². The molecule has 0 aliphatic rings. The Kier molecular flexibility index (Phi) is 3.86. The first-order valence-electron chi connectivity index (χ1n) is 5.57. The van der Waals surface area contributed by atoms with Gasteiger partial charge in [0, 0.05) is 10.6 Å². The number of nitriles is 1. The van der Waals surface area contributed by atoms with Gasteiger partial charge in [0.05, 0.1) is 11.6 Å². The van der Waals surface area contributed by atoms with E-state index in [1.54, 1.807) is 12.1 Å². The second kappa shape index (κ2) is 5.57. The molecule has 0 fully saturated rings. The first kappa shape index (κ1) is 12.5. The van der Waals surface area contributed by atoms with Gasteiger partial charge in [0.15, 0.2) is 0 Å². The summed E-state index contributed by atoms with van der Waals surface area (Å²) in [5.41, 5.74) is 2.46. The Hall–Kier alpha value is -1.98. The number of hydrogen-bond acceptors (Lipinski definition) is 2. The summed E-state index contributed by atoms with van der Waals surface area (Å²) in [5.74, 6) is 0.830. The van der Waals surface area contributed by atoms with E-state index in [2.05, 4.69) is 6.07 Å². The molecule has 2 aromatic rings. The van der Waals surface area contributed by atoms with Crippen molar-refractivity contribution in [3.8, 4) is 11.8 Å². The Bertz CT molecular complexity index is 602. The van der Waals surface area contributed by atoms with Gasteiger partial charge in [-0.1, -0.05) is 35.9 Å². The number of ether oxygens (including phenoxy) is 1. The van der Waals surface area contributed by atoms with Gasteiger partial charge in [-0.15, -0.1) is 0 Å². The third-order valence-electron chi connectivity index (χ3n) is 2.67. The van der Waals surface area contributed by atoms with Gasteiger partial charge in [-0.25, -0.2) is 0 Å². The van der Waals surface area contributed by atoms with Crippen LogP contribution in [0.5, 0.6) is 5.75 Å². The van der Waals surface area contributed by atoms with Gasteiger partial charge < -0.3 is 4.74 Å². The van der Waals surface area contributed by atoms with Gasteiger partial charge in [0.2, 0.25) is 0 Å². The predicted octanol–water partition coefficient (Wildman–Crippen LogP) is 4.10. The standard InChI is InChI=1S/C15H12ClNO/c1-11-4-2-3-5-15(11)18-10-12-6-7-14(16)8-13(12)9-17/h2-8H,10H2,1H3. The summed E-state index contributed by atoms with van der Waals surface area (Å²) in [6, 6.07) is 15.1. The first-order valence-corrected chi connectivity index (χ1v) is 5.95. The Labute approximate surface area is 111 Å². The van der Waals surface area contributed by atoms with Crippen LogP contribution < -0.4 is 4.74 Å². The van der Waals surface area contributed by atoms with Gasteiger partial charge >= 0.3 is 0 Å². The van der Waals surface area contributed by atoms with Crippen molar-refractivity contribution in [1.82, 2.24) is 0 Å². The van der Waals surface area contributed by atoms with Crippen molar-refractivity contribution in [2.24, 2.45) is 0 Å². The normalized spacial score (nSPS) is 9.83. The summed E-state index contributed by atoms with van der Waals surface area (Å²) in [6.45, 7) is 2.35. The second-order valence-electron chi connectivity index (χ2n) is 3.97. The van der Waals surface area contributed by atoms with Crippen LogP contribution >= 0.6 is 11.6 Å². The highest BCUT2D eigenvalue weighted by Crippen LogP contribution is 2.20. The molecule has 0 amide bonds. The maximum atomic E-state index is 9.03. The summed E-state index contributed by atoms with van der Waals surface area (Å²) < 4.78 is 5.71. The minimum atomic E-state index is 0.366. The van der Waals surface area contributed by atoms with E-state index in [0.717, 1.165) is 16.9 Å². The molecule has 18 heavy (non-hydrogen) atoms. The van der Waals surface area contributed by atoms with Gasteiger partial charge in [-0.3, -0.25) is 0 Å². The van der Waals surface area contributed by atoms with Crippen LogP contribution in [0.25, 0.3) is 0 Å². The van der Waals surface area contributed by atoms with Crippen LogP contribution in [-0.4, -0.2) is 0 Å². The third kappa shape index (κ3) is 2.82. The molecule has 0 N–H and O–H groups in total. The third-order valence-corrected chi connectivity index (χ3v) is 2.90. The van der Waals surface area contributed by atoms with Crippen molar-refractivity contribution >= 4 is 11.6 Å². The Morgan fingerprint density at radius 3 is 2.72 bits per heavy atom. The number of aryl methyl sites for hydroxylation is 1. The molecule has 2 aromatic carbocycles. The molecule has 0 radical (unpaired) electrons. The highest BCUT2D eigenvalue weighted by atomic mass is 35.5. The van der Waals surface area contributed by atoms with Crippen LogP contribution in [0, 0.1) is 18.3 Å². The van der Waals surface area contributed by atoms with E-state index >= 15 is 0 Å². The zero-order chi connectivity index (χ0) is 13.0. The molecule has 90 valence electrons. The maximum absolute atomic E-state index is 9.03. The van der Waals surface area contributed by atoms with Crippen molar-refractivity contribution in [3.63, 3.8) is 0 Å². The average molecular weight is 258 g/mol. The summed E-state index contributed by atoms with van der Waals surface area (Å²) >= 11 is 5.85. The molecule has 0 unspecified atom stereocenters. The monoisotopic (exact) mass is 257 g/mol. The predicted molar refractivity (Wildman–Crippen MR) is 71.7 cm³/mol. The van der Waals surface area contributed by atoms with Crippen molar-refractivity contribution < 1.29 is 4.74 Å². The molecular weight excluding hydrogens is 246 g/mol. The first-order chi connectivity index (χ1) is 8.70. The number of hydrogen-bond donors (Lipinski definition) is 0. The molecule has 0 saturated carbocycles. The van der Waals surface area contributed by atoms with Crippen LogP contribution in [0.3, 0.4) is 0 Å². The summed E-state index contributed by atoms with van der Waals surface area (Å²) in [7, 11) is 0. The van der Waals surface area contributed by atoms with Crippen LogP contribution in [0.2, 0.25) is 5.02 Å². The number of halogens is 1. The van der Waals surface area contributed by atoms with Crippen LogP contribution in [0.1, 0.15) is 16.7 Å². The van der Waals surface area contributed by atoms with Gasteiger partial charge in [-0.05, 0) is 30.7 Å². The Balaban J connectivity index is 2.16. The molecule has 0 atom stereocenters. The van der Waals surface area contributed by atoms with Gasteiger partial charge in [0.25, 0.3) is 0 Å². The quantitative estimate of drug-likeness (QED) is 0.829. The fourth-order valence-corrected chi connectivity index (χ4v) is 1.82. The zero-order valence-electron chi connectivity index (χ0n) is 9.98. The fraction of sp³-hybridized carbons (Fsp3) is 0.133. The largest absolute Gasteiger partial charge is 0.489 e. The number of rotatable bonds is 3. The molecule has 2 rings (SSSR count). The summed E-state index contributed by atoms with van der Waals surface area (Å²) in [4.78, 5) is 0. The summed E-state index contributed by atoms with van der Waals surface area (Å²) in [6.07, 6.45) is 0. The van der Waals surface area contributed by atoms with Crippen molar-refractivity contribution in [3.05, 3.63) is 64.2 Å². The minimum absolute atomic E-state index is 0.366. The average Bonchev–Trinajstić information content (AvgIpc) is 2.39. The fourth-order valence-electron chi connectivity index (χ4n) is 1.65. The number of benzene rings is 2. The molecule has 2 nitrogen and oxygen atoms in total. The Morgan fingerprint density at radius 1 is 1.22 bits per heavy atom. The minimum Gasteiger partial charge on any atom is -0.489 e. The van der Waals surface area contributed by atoms with Crippen molar-refractivity contribution in [1.29, 1.82) is 5.26 Å². The maximum Gasteiger partial charge on any atom is 0.122 e. The lowest BCUT2D eigenvalue weighted by atomic mass is 10.1. The molecule has 0 bridgehead atoms. The molecule has 0 spiro atoms. The lowest BCUT2D eigenvalue weighted by molar-refractivity contribution is 0.304. The van der Waals surface area contributed by atoms with Gasteiger partial charge in [-0.2, -0.15) is 5.26 Å². The smallest absolute Gasteiger partial charge is 0.122 e. The lowest BCUT2D eigenvalue weighted by Crippen LogP contribution is -1.99. The van der Waals surface area contributed by atoms with Crippen molar-refractivity contribution in [2.45, 2.75) is 13.5 Å². The van der Waals surface area contributed by atoms with E-state index in [4.69, 9.17) is 21.6 Å². The lowest BCUT2D eigenvalue weighted by Gasteiger charge is -2.10. The number of para-hydroxylation sites is 1. The van der Waals surface area contributed by atoms with Gasteiger partial charge in [0.1, 0.15) is 12.4 Å². The van der Waals surface area contributed by atoms with E-state index in [1.165, 1.54) is 0 Å². The molecule has 0 aromatic heterocycles. The Morgan fingerprint density at radius 2 is 2.00 bits per heavy atom. The summed E-state index contributed by atoms with van der Waals surface area (Å²) in [5, 5.41) is 9.59. The SMILES string of the molecule is Cc1ccccc1OCc1ccc(Cl)cc1C#N. The molecule has 0 saturated heterocycles. The van der Waals surface area contributed by atoms with Crippen LogP contribution in [0.15, 0.2) is 42.5 Å². The molecule has 0 aliphatic carbocycles. The van der Waals surface area contributed by atoms with E-state index in [-0.39, 0.29) is 0 Å². The van der Waals surface area contributed by atoms with E-state index in [9.17, 15) is 0 Å². The zero-order valence-corrected chi connectivity index (χ0v) is 10.7.